The molecule has 4 heterocycles. The largest absolute Gasteiger partial charge is 0.334 e. The molecule has 27 heavy (non-hydrogen) atoms. The number of anilines is 1. The van der Waals surface area contributed by atoms with E-state index in [1.165, 1.54) is 17.3 Å². The number of rotatable bonds is 2. The van der Waals surface area contributed by atoms with Gasteiger partial charge in [0.15, 0.2) is 0 Å². The van der Waals surface area contributed by atoms with Gasteiger partial charge in [0.05, 0.1) is 0 Å². The van der Waals surface area contributed by atoms with Gasteiger partial charge in [0.25, 0.3) is 5.24 Å². The maximum absolute atomic E-state index is 12.2. The predicted octanol–water partition coefficient (Wildman–Crippen LogP) is 2.95. The molecule has 2 saturated heterocycles. The third-order valence-electron chi connectivity index (χ3n) is 6.51. The number of carbonyl (C=O) groups excluding carboxylic acids is 2. The first kappa shape index (κ1) is 18.7. The third-order valence-corrected chi connectivity index (χ3v) is 7.12. The summed E-state index contributed by atoms with van der Waals surface area (Å²) >= 11 is 1.31. The molecule has 3 aliphatic rings. The highest BCUT2D eigenvalue weighted by Gasteiger charge is 2.43. The van der Waals surface area contributed by atoms with Gasteiger partial charge in [-0.1, -0.05) is 17.8 Å². The number of aromatic nitrogens is 1. The number of pyridine rings is 1. The summed E-state index contributed by atoms with van der Waals surface area (Å²) < 4.78 is 0. The van der Waals surface area contributed by atoms with Crippen molar-refractivity contribution in [3.63, 3.8) is 0 Å². The van der Waals surface area contributed by atoms with E-state index in [1.807, 2.05) is 17.2 Å². The van der Waals surface area contributed by atoms with Crippen molar-refractivity contribution in [2.24, 2.45) is 5.92 Å². The molecule has 1 spiro atoms. The average molecular weight is 389 g/mol. The molecule has 1 aromatic rings. The van der Waals surface area contributed by atoms with E-state index >= 15 is 0 Å². The van der Waals surface area contributed by atoms with Crippen molar-refractivity contribution in [3.8, 4) is 0 Å². The van der Waals surface area contributed by atoms with Gasteiger partial charge in [-0.25, -0.2) is 4.98 Å². The lowest BCUT2D eigenvalue weighted by Crippen LogP contribution is -2.48. The molecule has 0 unspecified atom stereocenters. The van der Waals surface area contributed by atoms with Crippen molar-refractivity contribution in [1.82, 2.24) is 14.8 Å². The fourth-order valence-corrected chi connectivity index (χ4v) is 5.35. The van der Waals surface area contributed by atoms with Crippen LogP contribution in [0.3, 0.4) is 0 Å². The molecule has 6 nitrogen and oxygen atoms in total. The summed E-state index contributed by atoms with van der Waals surface area (Å²) in [5, 5.41) is 3.13. The minimum atomic E-state index is -0.0451. The number of nitrogens with zero attached hydrogens (tertiary/aromatic N) is 3. The molecule has 2 fully saturated rings. The van der Waals surface area contributed by atoms with E-state index in [0.717, 1.165) is 64.2 Å². The summed E-state index contributed by atoms with van der Waals surface area (Å²) in [6.45, 7) is 4.96. The first-order valence-electron chi connectivity index (χ1n) is 9.90. The van der Waals surface area contributed by atoms with Crippen LogP contribution in [-0.4, -0.2) is 64.9 Å². The second-order valence-electron chi connectivity index (χ2n) is 8.11. The first-order chi connectivity index (χ1) is 13.1. The van der Waals surface area contributed by atoms with Gasteiger partial charge in [-0.15, -0.1) is 0 Å². The van der Waals surface area contributed by atoms with Crippen LogP contribution >= 0.6 is 11.8 Å². The Bertz CT molecular complexity index is 710. The standard InChI is InChI=1S/C20H28N4O2S/c1-27-19(26)24-9-4-15(5-10-24)14-23-11-6-20(7-12-23)13-17(25)22-18-16(20)3-2-8-21-18/h2-3,8,15H,4-7,9-14H2,1H3,(H,21,22,25). The molecule has 2 amide bonds. The molecule has 0 saturated carbocycles. The number of nitrogens with one attached hydrogen (secondary N) is 1. The van der Waals surface area contributed by atoms with Crippen molar-refractivity contribution in [2.75, 3.05) is 44.3 Å². The fourth-order valence-electron chi connectivity index (χ4n) is 4.91. The van der Waals surface area contributed by atoms with Crippen molar-refractivity contribution < 1.29 is 9.59 Å². The third kappa shape index (κ3) is 3.85. The highest BCUT2D eigenvalue weighted by Crippen LogP contribution is 2.44. The molecule has 1 aromatic heterocycles. The van der Waals surface area contributed by atoms with Crippen molar-refractivity contribution in [3.05, 3.63) is 23.9 Å². The summed E-state index contributed by atoms with van der Waals surface area (Å²) in [7, 11) is 0. The second kappa shape index (κ2) is 7.80. The normalized spacial score (nSPS) is 23.1. The Morgan fingerprint density at radius 1 is 1.30 bits per heavy atom. The van der Waals surface area contributed by atoms with Gasteiger partial charge in [0.1, 0.15) is 5.82 Å². The molecule has 146 valence electrons. The number of fused-ring (bicyclic) bond motifs is 2. The lowest BCUT2D eigenvalue weighted by atomic mass is 9.69. The van der Waals surface area contributed by atoms with Crippen LogP contribution in [0.4, 0.5) is 10.6 Å². The van der Waals surface area contributed by atoms with Crippen LogP contribution in [-0.2, 0) is 10.2 Å². The summed E-state index contributed by atoms with van der Waals surface area (Å²) in [6, 6.07) is 4.12. The van der Waals surface area contributed by atoms with Crippen molar-refractivity contribution in [1.29, 1.82) is 0 Å². The topological polar surface area (TPSA) is 65.5 Å². The molecule has 1 N–H and O–H groups in total. The van der Waals surface area contributed by atoms with Gasteiger partial charge in [-0.2, -0.15) is 0 Å². The number of thioether (sulfide) groups is 1. The second-order valence-corrected chi connectivity index (χ2v) is 8.86. The van der Waals surface area contributed by atoms with Crippen LogP contribution in [0.2, 0.25) is 0 Å². The molecule has 7 heteroatoms. The fraction of sp³-hybridized carbons (Fsp3) is 0.650. The highest BCUT2D eigenvalue weighted by atomic mass is 32.2. The number of piperidine rings is 2. The van der Waals surface area contributed by atoms with Gasteiger partial charge in [-0.05, 0) is 57.0 Å². The van der Waals surface area contributed by atoms with Gasteiger partial charge in [0.2, 0.25) is 5.91 Å². The number of hydrogen-bond donors (Lipinski definition) is 1. The highest BCUT2D eigenvalue weighted by molar-refractivity contribution is 8.12. The minimum Gasteiger partial charge on any atom is -0.334 e. The number of likely N-dealkylation sites (tertiary alicyclic amines) is 2. The molecule has 0 atom stereocenters. The van der Waals surface area contributed by atoms with Crippen LogP contribution in [0.25, 0.3) is 0 Å². The molecular weight excluding hydrogens is 360 g/mol. The predicted molar refractivity (Wildman–Crippen MR) is 108 cm³/mol. The average Bonchev–Trinajstić information content (AvgIpc) is 2.70. The summed E-state index contributed by atoms with van der Waals surface area (Å²) in [6.07, 6.45) is 8.42. The van der Waals surface area contributed by atoms with Crippen LogP contribution in [0.5, 0.6) is 0 Å². The molecule has 4 rings (SSSR count). The molecule has 0 radical (unpaired) electrons. The summed E-state index contributed by atoms with van der Waals surface area (Å²) in [5.74, 6) is 1.53. The van der Waals surface area contributed by atoms with Crippen LogP contribution in [0.1, 0.15) is 37.7 Å². The van der Waals surface area contributed by atoms with E-state index in [1.54, 1.807) is 6.20 Å². The van der Waals surface area contributed by atoms with E-state index in [0.29, 0.717) is 12.3 Å². The lowest BCUT2D eigenvalue weighted by Gasteiger charge is -2.45. The van der Waals surface area contributed by atoms with Crippen LogP contribution in [0.15, 0.2) is 18.3 Å². The van der Waals surface area contributed by atoms with Crippen LogP contribution in [0, 0.1) is 5.92 Å². The smallest absolute Gasteiger partial charge is 0.281 e. The zero-order valence-corrected chi connectivity index (χ0v) is 16.8. The Morgan fingerprint density at radius 2 is 2.04 bits per heavy atom. The number of carbonyl (C=O) groups is 2. The molecule has 3 aliphatic heterocycles. The maximum Gasteiger partial charge on any atom is 0.281 e. The van der Waals surface area contributed by atoms with Crippen molar-refractivity contribution >= 4 is 28.7 Å². The maximum atomic E-state index is 12.2. The van der Waals surface area contributed by atoms with Gasteiger partial charge < -0.3 is 15.1 Å². The summed E-state index contributed by atoms with van der Waals surface area (Å²) in [4.78, 5) is 32.9. The van der Waals surface area contributed by atoms with E-state index in [-0.39, 0.29) is 16.6 Å². The van der Waals surface area contributed by atoms with Crippen molar-refractivity contribution in [2.45, 2.75) is 37.5 Å². The van der Waals surface area contributed by atoms with E-state index in [9.17, 15) is 9.59 Å². The van der Waals surface area contributed by atoms with E-state index in [4.69, 9.17) is 0 Å². The van der Waals surface area contributed by atoms with E-state index in [2.05, 4.69) is 21.3 Å². The Balaban J connectivity index is 1.34. The monoisotopic (exact) mass is 388 g/mol. The lowest BCUT2D eigenvalue weighted by molar-refractivity contribution is -0.118. The first-order valence-corrected chi connectivity index (χ1v) is 11.1. The summed E-state index contributed by atoms with van der Waals surface area (Å²) in [5.41, 5.74) is 1.17. The molecule has 0 bridgehead atoms. The van der Waals surface area contributed by atoms with Gasteiger partial charge in [-0.3, -0.25) is 9.59 Å². The minimum absolute atomic E-state index is 0.0451. The number of amides is 2. The zero-order chi connectivity index (χ0) is 18.9. The zero-order valence-electron chi connectivity index (χ0n) is 15.9. The van der Waals surface area contributed by atoms with Crippen LogP contribution < -0.4 is 5.32 Å². The Kier molecular flexibility index (Phi) is 5.41. The molecule has 0 aliphatic carbocycles. The number of hydrogen-bond acceptors (Lipinski definition) is 5. The Morgan fingerprint density at radius 3 is 2.74 bits per heavy atom. The molecule has 0 aromatic carbocycles. The quantitative estimate of drug-likeness (QED) is 0.844. The Hall–Kier alpha value is -1.60. The van der Waals surface area contributed by atoms with Gasteiger partial charge >= 0.3 is 0 Å². The van der Waals surface area contributed by atoms with E-state index < -0.39 is 0 Å². The molecular formula is C20H28N4O2S. The SMILES string of the molecule is CSC(=O)N1CCC(CN2CCC3(CC2)CC(=O)Nc2ncccc23)CC1. The Labute approximate surface area is 165 Å². The van der Waals surface area contributed by atoms with Gasteiger partial charge in [0, 0.05) is 43.2 Å².